The molecular weight excluding hydrogens is 304 g/mol. The molecule has 1 aromatic heterocycles. The third-order valence-electron chi connectivity index (χ3n) is 3.11. The van der Waals surface area contributed by atoms with Crippen LogP contribution in [0.3, 0.4) is 0 Å². The fraction of sp³-hybridized carbons (Fsp3) is 0.286. The van der Waals surface area contributed by atoms with Crippen molar-refractivity contribution in [2.24, 2.45) is 5.73 Å². The maximum Gasteiger partial charge on any atom is 0.225 e. The van der Waals surface area contributed by atoms with Crippen molar-refractivity contribution < 1.29 is 0 Å². The van der Waals surface area contributed by atoms with Crippen LogP contribution in [0.2, 0.25) is 0 Å². The second-order valence-electron chi connectivity index (χ2n) is 4.48. The maximum atomic E-state index is 5.65. The van der Waals surface area contributed by atoms with Gasteiger partial charge in [-0.15, -0.1) is 0 Å². The quantitative estimate of drug-likeness (QED) is 0.941. The van der Waals surface area contributed by atoms with Crippen LogP contribution in [-0.2, 0) is 0 Å². The number of rotatable bonds is 4. The van der Waals surface area contributed by atoms with Crippen LogP contribution in [0.1, 0.15) is 6.92 Å². The van der Waals surface area contributed by atoms with E-state index in [0.717, 1.165) is 15.6 Å². The second-order valence-corrected chi connectivity index (χ2v) is 5.39. The Morgan fingerprint density at radius 1 is 1.26 bits per heavy atom. The number of halogens is 1. The van der Waals surface area contributed by atoms with Crippen molar-refractivity contribution in [3.05, 3.63) is 41.1 Å². The fourth-order valence-electron chi connectivity index (χ4n) is 1.68. The van der Waals surface area contributed by atoms with Crippen molar-refractivity contribution >= 4 is 21.9 Å². The number of nitrogens with two attached hydrogens (primary N) is 1. The van der Waals surface area contributed by atoms with Crippen molar-refractivity contribution in [3.8, 4) is 11.1 Å². The monoisotopic (exact) mass is 320 g/mol. The van der Waals surface area contributed by atoms with Crippen molar-refractivity contribution in [1.82, 2.24) is 9.97 Å². The lowest BCUT2D eigenvalue weighted by Crippen LogP contribution is -2.36. The minimum Gasteiger partial charge on any atom is -0.340 e. The van der Waals surface area contributed by atoms with Gasteiger partial charge in [-0.3, -0.25) is 0 Å². The number of benzene rings is 1. The molecule has 1 unspecified atom stereocenters. The number of hydrogen-bond donors (Lipinski definition) is 1. The van der Waals surface area contributed by atoms with Gasteiger partial charge in [-0.25, -0.2) is 9.97 Å². The van der Waals surface area contributed by atoms with Crippen molar-refractivity contribution in [1.29, 1.82) is 0 Å². The third kappa shape index (κ3) is 3.30. The summed E-state index contributed by atoms with van der Waals surface area (Å²) in [6.07, 6.45) is 3.67. The van der Waals surface area contributed by atoms with E-state index >= 15 is 0 Å². The molecule has 0 aliphatic carbocycles. The molecule has 5 heteroatoms. The first-order valence-electron chi connectivity index (χ1n) is 6.12. The van der Waals surface area contributed by atoms with Crippen LogP contribution in [0.5, 0.6) is 0 Å². The van der Waals surface area contributed by atoms with Gasteiger partial charge in [-0.1, -0.05) is 28.1 Å². The Morgan fingerprint density at radius 2 is 1.95 bits per heavy atom. The topological polar surface area (TPSA) is 55.0 Å². The van der Waals surface area contributed by atoms with Gasteiger partial charge in [0.25, 0.3) is 0 Å². The lowest BCUT2D eigenvalue weighted by atomic mass is 10.1. The van der Waals surface area contributed by atoms with Crippen LogP contribution in [0.15, 0.2) is 41.1 Å². The largest absolute Gasteiger partial charge is 0.340 e. The minimum absolute atomic E-state index is 0.219. The van der Waals surface area contributed by atoms with Gasteiger partial charge in [0, 0.05) is 42.1 Å². The molecule has 0 saturated carbocycles. The fourth-order valence-corrected chi connectivity index (χ4v) is 2.07. The SMILES string of the molecule is CC(CN)N(C)c1ncc(-c2cccc(Br)c2)cn1. The molecule has 0 amide bonds. The highest BCUT2D eigenvalue weighted by atomic mass is 79.9. The Morgan fingerprint density at radius 3 is 2.53 bits per heavy atom. The second kappa shape index (κ2) is 6.12. The summed E-state index contributed by atoms with van der Waals surface area (Å²) in [5.74, 6) is 0.691. The summed E-state index contributed by atoms with van der Waals surface area (Å²) in [6, 6.07) is 8.29. The molecule has 2 rings (SSSR count). The summed E-state index contributed by atoms with van der Waals surface area (Å²) >= 11 is 3.46. The molecule has 1 heterocycles. The number of likely N-dealkylation sites (N-methyl/N-ethyl adjacent to an activating group) is 1. The van der Waals surface area contributed by atoms with Gasteiger partial charge in [-0.05, 0) is 24.6 Å². The average Bonchev–Trinajstić information content (AvgIpc) is 2.46. The molecule has 0 bridgehead atoms. The van der Waals surface area contributed by atoms with Crippen LogP contribution in [0.4, 0.5) is 5.95 Å². The van der Waals surface area contributed by atoms with E-state index in [1.54, 1.807) is 0 Å². The Labute approximate surface area is 121 Å². The first kappa shape index (κ1) is 14.0. The van der Waals surface area contributed by atoms with E-state index in [-0.39, 0.29) is 6.04 Å². The zero-order valence-electron chi connectivity index (χ0n) is 11.0. The standard InChI is InChI=1S/C14H17BrN4/c1-10(7-16)19(2)14-17-8-12(9-18-14)11-4-3-5-13(15)6-11/h3-6,8-10H,7,16H2,1-2H3. The molecule has 19 heavy (non-hydrogen) atoms. The smallest absolute Gasteiger partial charge is 0.225 e. The predicted molar refractivity (Wildman–Crippen MR) is 82.1 cm³/mol. The van der Waals surface area contributed by atoms with E-state index in [1.165, 1.54) is 0 Å². The molecule has 0 aliphatic heterocycles. The van der Waals surface area contributed by atoms with Gasteiger partial charge in [0.05, 0.1) is 0 Å². The van der Waals surface area contributed by atoms with Crippen LogP contribution in [0.25, 0.3) is 11.1 Å². The highest BCUT2D eigenvalue weighted by Gasteiger charge is 2.10. The minimum atomic E-state index is 0.219. The summed E-state index contributed by atoms with van der Waals surface area (Å²) in [6.45, 7) is 2.62. The predicted octanol–water partition coefficient (Wildman–Crippen LogP) is 2.69. The molecule has 0 fully saturated rings. The zero-order chi connectivity index (χ0) is 13.8. The number of anilines is 1. The molecule has 0 spiro atoms. The van der Waals surface area contributed by atoms with Gasteiger partial charge in [-0.2, -0.15) is 0 Å². The highest BCUT2D eigenvalue weighted by Crippen LogP contribution is 2.22. The molecule has 0 saturated heterocycles. The van der Waals surface area contributed by atoms with Crippen molar-refractivity contribution in [2.45, 2.75) is 13.0 Å². The Kier molecular flexibility index (Phi) is 4.50. The van der Waals surface area contributed by atoms with Gasteiger partial charge >= 0.3 is 0 Å². The van der Waals surface area contributed by atoms with Gasteiger partial charge in [0.2, 0.25) is 5.95 Å². The first-order chi connectivity index (χ1) is 9.11. The van der Waals surface area contributed by atoms with Crippen LogP contribution in [-0.4, -0.2) is 29.6 Å². The summed E-state index contributed by atoms with van der Waals surface area (Å²) in [7, 11) is 1.95. The lowest BCUT2D eigenvalue weighted by molar-refractivity contribution is 0.678. The zero-order valence-corrected chi connectivity index (χ0v) is 12.6. The van der Waals surface area contributed by atoms with Gasteiger partial charge < -0.3 is 10.6 Å². The molecular formula is C14H17BrN4. The molecule has 0 aliphatic rings. The third-order valence-corrected chi connectivity index (χ3v) is 3.61. The maximum absolute atomic E-state index is 5.65. The van der Waals surface area contributed by atoms with Gasteiger partial charge in [0.1, 0.15) is 0 Å². The van der Waals surface area contributed by atoms with Gasteiger partial charge in [0.15, 0.2) is 0 Å². The Balaban J connectivity index is 2.23. The molecule has 2 N–H and O–H groups in total. The van der Waals surface area contributed by atoms with Crippen molar-refractivity contribution in [3.63, 3.8) is 0 Å². The summed E-state index contributed by atoms with van der Waals surface area (Å²) < 4.78 is 1.04. The summed E-state index contributed by atoms with van der Waals surface area (Å²) in [4.78, 5) is 10.8. The Hall–Kier alpha value is -1.46. The van der Waals surface area contributed by atoms with E-state index < -0.39 is 0 Å². The van der Waals surface area contributed by atoms with Crippen LogP contribution in [0, 0.1) is 0 Å². The molecule has 1 aromatic carbocycles. The number of aromatic nitrogens is 2. The Bertz CT molecular complexity index is 541. The normalized spacial score (nSPS) is 12.2. The summed E-state index contributed by atoms with van der Waals surface area (Å²) in [5, 5.41) is 0. The van der Waals surface area contributed by atoms with Crippen molar-refractivity contribution in [2.75, 3.05) is 18.5 Å². The molecule has 0 radical (unpaired) electrons. The molecule has 1 atom stereocenters. The summed E-state index contributed by atoms with van der Waals surface area (Å²) in [5.41, 5.74) is 7.74. The molecule has 2 aromatic rings. The van der Waals surface area contributed by atoms with E-state index in [0.29, 0.717) is 12.5 Å². The number of nitrogens with zero attached hydrogens (tertiary/aromatic N) is 3. The average molecular weight is 321 g/mol. The highest BCUT2D eigenvalue weighted by molar-refractivity contribution is 9.10. The van der Waals surface area contributed by atoms with E-state index in [4.69, 9.17) is 5.73 Å². The van der Waals surface area contributed by atoms with E-state index in [9.17, 15) is 0 Å². The lowest BCUT2D eigenvalue weighted by Gasteiger charge is -2.23. The van der Waals surface area contributed by atoms with E-state index in [1.807, 2.05) is 55.5 Å². The first-order valence-corrected chi connectivity index (χ1v) is 6.92. The number of hydrogen-bond acceptors (Lipinski definition) is 4. The van der Waals surface area contributed by atoms with Crippen LogP contribution >= 0.6 is 15.9 Å². The van der Waals surface area contributed by atoms with E-state index in [2.05, 4.69) is 25.9 Å². The molecule has 4 nitrogen and oxygen atoms in total. The molecule has 100 valence electrons. The van der Waals surface area contributed by atoms with Crippen LogP contribution < -0.4 is 10.6 Å².